The first kappa shape index (κ1) is 10.1. The first-order valence-electron chi connectivity index (χ1n) is 4.56. The summed E-state index contributed by atoms with van der Waals surface area (Å²) in [6.45, 7) is 3.27. The minimum absolute atomic E-state index is 0.289. The van der Waals surface area contributed by atoms with E-state index >= 15 is 0 Å². The molecule has 0 aliphatic carbocycles. The quantitative estimate of drug-likeness (QED) is 0.576. The fraction of sp³-hybridized carbons (Fsp3) is 0. The van der Waals surface area contributed by atoms with Gasteiger partial charge >= 0.3 is 5.91 Å². The molecule has 5 heteroatoms. The molecule has 0 spiro atoms. The van der Waals surface area contributed by atoms with Crippen molar-refractivity contribution in [1.82, 2.24) is 5.43 Å². The van der Waals surface area contributed by atoms with Gasteiger partial charge in [-0.05, 0) is 18.2 Å². The summed E-state index contributed by atoms with van der Waals surface area (Å²) in [7, 11) is 0. The van der Waals surface area contributed by atoms with Crippen LogP contribution in [0.15, 0.2) is 36.9 Å². The van der Waals surface area contributed by atoms with Crippen LogP contribution in [0.2, 0.25) is 0 Å². The Hall–Kier alpha value is -2.43. The van der Waals surface area contributed by atoms with E-state index in [1.165, 1.54) is 6.07 Å². The summed E-state index contributed by atoms with van der Waals surface area (Å²) < 4.78 is 0. The number of hydrazine groups is 1. The standard InChI is InChI=1S/C11H8N2O3/c1-2-9(14)12-13-8-6-4-3-5-7(8)10(15)11(13)16/h2-6H,1H2,(H,12,14). The number of fused-ring (bicyclic) bond motifs is 1. The second kappa shape index (κ2) is 3.62. The molecule has 80 valence electrons. The lowest BCUT2D eigenvalue weighted by molar-refractivity contribution is -0.121. The number of carbonyl (C=O) groups is 3. The molecule has 0 bridgehead atoms. The van der Waals surface area contributed by atoms with Gasteiger partial charge in [0, 0.05) is 0 Å². The minimum atomic E-state index is -0.767. The van der Waals surface area contributed by atoms with Crippen molar-refractivity contribution in [3.05, 3.63) is 42.5 Å². The van der Waals surface area contributed by atoms with Crippen molar-refractivity contribution in [2.75, 3.05) is 5.01 Å². The van der Waals surface area contributed by atoms with E-state index in [2.05, 4.69) is 12.0 Å². The molecule has 1 N–H and O–H groups in total. The minimum Gasteiger partial charge on any atom is -0.283 e. The van der Waals surface area contributed by atoms with E-state index in [1.54, 1.807) is 18.2 Å². The van der Waals surface area contributed by atoms with Gasteiger partial charge in [-0.1, -0.05) is 18.7 Å². The van der Waals surface area contributed by atoms with E-state index in [-0.39, 0.29) is 5.56 Å². The predicted octanol–water partition coefficient (Wildman–Crippen LogP) is 0.433. The smallest absolute Gasteiger partial charge is 0.283 e. The lowest BCUT2D eigenvalue weighted by Crippen LogP contribution is -2.44. The number of hydrogen-bond donors (Lipinski definition) is 1. The number of amides is 2. The molecular weight excluding hydrogens is 208 g/mol. The average Bonchev–Trinajstić information content (AvgIpc) is 2.55. The molecule has 2 amide bonds. The van der Waals surface area contributed by atoms with Crippen LogP contribution in [0, 0.1) is 0 Å². The number of benzene rings is 1. The van der Waals surface area contributed by atoms with Gasteiger partial charge in [0.05, 0.1) is 11.3 Å². The number of hydrogen-bond acceptors (Lipinski definition) is 3. The highest BCUT2D eigenvalue weighted by Gasteiger charge is 2.36. The number of para-hydroxylation sites is 1. The summed E-state index contributed by atoms with van der Waals surface area (Å²) in [5.41, 5.74) is 2.94. The van der Waals surface area contributed by atoms with Gasteiger partial charge in [-0.15, -0.1) is 0 Å². The fourth-order valence-corrected chi connectivity index (χ4v) is 1.45. The molecule has 1 heterocycles. The van der Waals surface area contributed by atoms with Crippen LogP contribution in [-0.4, -0.2) is 17.6 Å². The summed E-state index contributed by atoms with van der Waals surface area (Å²) in [4.78, 5) is 34.1. The Morgan fingerprint density at radius 2 is 2.00 bits per heavy atom. The molecule has 0 saturated heterocycles. The van der Waals surface area contributed by atoms with Crippen molar-refractivity contribution in [3.63, 3.8) is 0 Å². The number of Topliss-reactive ketones (excluding diaryl/α,β-unsaturated/α-hetero) is 1. The largest absolute Gasteiger partial charge is 0.318 e. The highest BCUT2D eigenvalue weighted by atomic mass is 16.2. The summed E-state index contributed by atoms with van der Waals surface area (Å²) in [6, 6.07) is 6.46. The van der Waals surface area contributed by atoms with Crippen LogP contribution in [0.3, 0.4) is 0 Å². The molecule has 0 atom stereocenters. The van der Waals surface area contributed by atoms with E-state index in [9.17, 15) is 14.4 Å². The molecule has 1 aliphatic heterocycles. The van der Waals surface area contributed by atoms with Crippen LogP contribution in [0.4, 0.5) is 5.69 Å². The van der Waals surface area contributed by atoms with Crippen LogP contribution in [-0.2, 0) is 9.59 Å². The maximum atomic E-state index is 11.5. The SMILES string of the molecule is C=CC(=O)NN1C(=O)C(=O)c2ccccc21. The zero-order valence-corrected chi connectivity index (χ0v) is 8.27. The van der Waals surface area contributed by atoms with Crippen LogP contribution in [0.5, 0.6) is 0 Å². The van der Waals surface area contributed by atoms with Gasteiger partial charge in [-0.25, -0.2) is 5.01 Å². The molecular formula is C11H8N2O3. The van der Waals surface area contributed by atoms with Gasteiger partial charge in [0.15, 0.2) is 0 Å². The average molecular weight is 216 g/mol. The first-order valence-corrected chi connectivity index (χ1v) is 4.56. The normalized spacial score (nSPS) is 13.6. The fourth-order valence-electron chi connectivity index (χ4n) is 1.45. The molecule has 1 aromatic carbocycles. The molecule has 16 heavy (non-hydrogen) atoms. The number of nitrogens with zero attached hydrogens (tertiary/aromatic N) is 1. The highest BCUT2D eigenvalue weighted by molar-refractivity contribution is 6.52. The number of anilines is 1. The maximum absolute atomic E-state index is 11.5. The predicted molar refractivity (Wildman–Crippen MR) is 56.6 cm³/mol. The van der Waals surface area contributed by atoms with E-state index in [0.717, 1.165) is 11.1 Å². The van der Waals surface area contributed by atoms with Crippen LogP contribution in [0.25, 0.3) is 0 Å². The topological polar surface area (TPSA) is 66.5 Å². The summed E-state index contributed by atoms with van der Waals surface area (Å²) in [6.07, 6.45) is 1.03. The van der Waals surface area contributed by atoms with Gasteiger partial charge in [0.25, 0.3) is 11.7 Å². The molecule has 0 radical (unpaired) electrons. The van der Waals surface area contributed by atoms with Crippen molar-refractivity contribution < 1.29 is 14.4 Å². The molecule has 0 fully saturated rings. The van der Waals surface area contributed by atoms with E-state index in [0.29, 0.717) is 5.69 Å². The molecule has 2 rings (SSSR count). The van der Waals surface area contributed by atoms with E-state index in [1.807, 2.05) is 0 Å². The third-order valence-corrected chi connectivity index (χ3v) is 2.19. The second-order valence-electron chi connectivity index (χ2n) is 3.17. The zero-order chi connectivity index (χ0) is 11.7. The van der Waals surface area contributed by atoms with Crippen molar-refractivity contribution in [3.8, 4) is 0 Å². The lowest BCUT2D eigenvalue weighted by Gasteiger charge is -2.15. The zero-order valence-electron chi connectivity index (χ0n) is 8.27. The molecule has 5 nitrogen and oxygen atoms in total. The van der Waals surface area contributed by atoms with Gasteiger partial charge in [0.2, 0.25) is 0 Å². The van der Waals surface area contributed by atoms with Gasteiger partial charge in [-0.3, -0.25) is 19.8 Å². The van der Waals surface area contributed by atoms with Crippen molar-refractivity contribution in [1.29, 1.82) is 0 Å². The Morgan fingerprint density at radius 3 is 2.69 bits per heavy atom. The Kier molecular flexibility index (Phi) is 2.28. The molecule has 1 aliphatic rings. The van der Waals surface area contributed by atoms with Crippen molar-refractivity contribution in [2.45, 2.75) is 0 Å². The Bertz CT molecular complexity index is 508. The van der Waals surface area contributed by atoms with Gasteiger partial charge in [-0.2, -0.15) is 0 Å². The lowest BCUT2D eigenvalue weighted by atomic mass is 10.1. The van der Waals surface area contributed by atoms with Crippen LogP contribution in [0.1, 0.15) is 10.4 Å². The Labute approximate surface area is 91.3 Å². The van der Waals surface area contributed by atoms with Crippen molar-refractivity contribution >= 4 is 23.3 Å². The van der Waals surface area contributed by atoms with Crippen molar-refractivity contribution in [2.24, 2.45) is 0 Å². The number of nitrogens with one attached hydrogen (secondary N) is 1. The van der Waals surface area contributed by atoms with Crippen LogP contribution < -0.4 is 10.4 Å². The summed E-state index contributed by atoms with van der Waals surface area (Å²) in [5, 5.41) is 0.932. The number of ketones is 1. The monoisotopic (exact) mass is 216 g/mol. The second-order valence-corrected chi connectivity index (χ2v) is 3.17. The molecule has 0 saturated carbocycles. The van der Waals surface area contributed by atoms with E-state index < -0.39 is 17.6 Å². The van der Waals surface area contributed by atoms with Gasteiger partial charge in [0.1, 0.15) is 0 Å². The third-order valence-electron chi connectivity index (χ3n) is 2.19. The number of carbonyl (C=O) groups excluding carboxylic acids is 3. The molecule has 1 aromatic rings. The van der Waals surface area contributed by atoms with Gasteiger partial charge < -0.3 is 0 Å². The molecule has 0 unspecified atom stereocenters. The molecule has 0 aromatic heterocycles. The number of rotatable bonds is 2. The Balaban J connectivity index is 2.41. The van der Waals surface area contributed by atoms with E-state index in [4.69, 9.17) is 0 Å². The third kappa shape index (κ3) is 1.38. The van der Waals surface area contributed by atoms with Crippen LogP contribution >= 0.6 is 0 Å². The first-order chi connectivity index (χ1) is 7.65. The highest BCUT2D eigenvalue weighted by Crippen LogP contribution is 2.26. The summed E-state index contributed by atoms with van der Waals surface area (Å²) in [5.74, 6) is -1.94. The summed E-state index contributed by atoms with van der Waals surface area (Å²) >= 11 is 0. The Morgan fingerprint density at radius 1 is 1.31 bits per heavy atom. The maximum Gasteiger partial charge on any atom is 0.318 e.